The number of benzene rings is 1. The lowest BCUT2D eigenvalue weighted by Crippen LogP contribution is -2.19. The largest absolute Gasteiger partial charge is 0.478 e. The summed E-state index contributed by atoms with van der Waals surface area (Å²) in [6, 6.07) is 4.55. The molecule has 17 heavy (non-hydrogen) atoms. The minimum absolute atomic E-state index is 0.0426. The zero-order valence-electron chi connectivity index (χ0n) is 9.17. The molecule has 0 aliphatic carbocycles. The van der Waals surface area contributed by atoms with Crippen LogP contribution in [0.1, 0.15) is 17.3 Å². The van der Waals surface area contributed by atoms with Crippen LogP contribution in [0.25, 0.3) is 11.1 Å². The Morgan fingerprint density at radius 1 is 1.59 bits per heavy atom. The molecule has 0 spiro atoms. The second-order valence-corrected chi connectivity index (χ2v) is 3.73. The second kappa shape index (κ2) is 4.42. The highest BCUT2D eigenvalue weighted by Crippen LogP contribution is 2.20. The molecule has 0 fully saturated rings. The van der Waals surface area contributed by atoms with Crippen molar-refractivity contribution in [1.29, 1.82) is 0 Å². The van der Waals surface area contributed by atoms with Gasteiger partial charge in [-0.15, -0.1) is 0 Å². The molecule has 0 aliphatic rings. The molecule has 0 radical (unpaired) electrons. The molecule has 0 bridgehead atoms. The van der Waals surface area contributed by atoms with Gasteiger partial charge in [0.1, 0.15) is 5.52 Å². The Balaban J connectivity index is 2.33. The molecule has 90 valence electrons. The Kier molecular flexibility index (Phi) is 2.97. The van der Waals surface area contributed by atoms with Gasteiger partial charge in [0.2, 0.25) is 0 Å². The van der Waals surface area contributed by atoms with E-state index in [2.05, 4.69) is 10.3 Å². The fourth-order valence-corrected chi connectivity index (χ4v) is 1.38. The van der Waals surface area contributed by atoms with Gasteiger partial charge in [-0.05, 0) is 25.1 Å². The van der Waals surface area contributed by atoms with E-state index in [9.17, 15) is 4.79 Å². The number of carbonyl (C=O) groups is 1. The van der Waals surface area contributed by atoms with E-state index in [1.54, 1.807) is 13.0 Å². The van der Waals surface area contributed by atoms with Crippen molar-refractivity contribution in [2.45, 2.75) is 13.0 Å². The topological polar surface area (TPSA) is 95.6 Å². The first-order valence-electron chi connectivity index (χ1n) is 5.11. The van der Waals surface area contributed by atoms with Crippen LogP contribution in [0.5, 0.6) is 0 Å². The number of hydrogen-bond donors (Lipinski definition) is 3. The van der Waals surface area contributed by atoms with Gasteiger partial charge >= 0.3 is 5.97 Å². The van der Waals surface area contributed by atoms with Crippen LogP contribution in [0.2, 0.25) is 0 Å². The first-order chi connectivity index (χ1) is 8.10. The maximum atomic E-state index is 10.8. The Labute approximate surface area is 96.9 Å². The van der Waals surface area contributed by atoms with E-state index in [0.717, 1.165) is 0 Å². The number of nitrogens with one attached hydrogen (secondary N) is 1. The zero-order valence-corrected chi connectivity index (χ0v) is 9.17. The van der Waals surface area contributed by atoms with Crippen molar-refractivity contribution in [3.8, 4) is 0 Å². The Morgan fingerprint density at radius 3 is 3.00 bits per heavy atom. The summed E-state index contributed by atoms with van der Waals surface area (Å²) in [5, 5.41) is 20.6. The van der Waals surface area contributed by atoms with Crippen LogP contribution in [0.4, 0.5) is 6.01 Å². The van der Waals surface area contributed by atoms with E-state index >= 15 is 0 Å². The summed E-state index contributed by atoms with van der Waals surface area (Å²) in [6.07, 6.45) is 0. The molecular weight excluding hydrogens is 224 g/mol. The van der Waals surface area contributed by atoms with Crippen LogP contribution in [0, 0.1) is 0 Å². The molecule has 0 saturated carbocycles. The molecule has 2 rings (SSSR count). The summed E-state index contributed by atoms with van der Waals surface area (Å²) in [4.78, 5) is 14.9. The molecule has 6 nitrogen and oxygen atoms in total. The van der Waals surface area contributed by atoms with E-state index in [-0.39, 0.29) is 24.2 Å². The third-order valence-corrected chi connectivity index (χ3v) is 2.28. The van der Waals surface area contributed by atoms with Crippen LogP contribution >= 0.6 is 0 Å². The molecule has 1 atom stereocenters. The van der Waals surface area contributed by atoms with Crippen LogP contribution < -0.4 is 5.32 Å². The molecule has 6 heteroatoms. The molecular formula is C11H12N2O4. The Bertz CT molecular complexity index is 549. The smallest absolute Gasteiger partial charge is 0.335 e. The van der Waals surface area contributed by atoms with E-state index in [1.807, 2.05) is 0 Å². The Morgan fingerprint density at radius 2 is 2.35 bits per heavy atom. The highest BCUT2D eigenvalue weighted by molar-refractivity contribution is 5.92. The molecule has 1 aromatic heterocycles. The fraction of sp³-hybridized carbons (Fsp3) is 0.273. The van der Waals surface area contributed by atoms with Crippen molar-refractivity contribution < 1.29 is 19.4 Å². The van der Waals surface area contributed by atoms with Crippen molar-refractivity contribution in [3.63, 3.8) is 0 Å². The monoisotopic (exact) mass is 236 g/mol. The van der Waals surface area contributed by atoms with Crippen molar-refractivity contribution in [2.75, 3.05) is 11.9 Å². The number of aliphatic hydroxyl groups excluding tert-OH is 1. The number of hydrogen-bond acceptors (Lipinski definition) is 5. The van der Waals surface area contributed by atoms with Crippen molar-refractivity contribution in [3.05, 3.63) is 23.8 Å². The zero-order chi connectivity index (χ0) is 12.4. The normalized spacial score (nSPS) is 12.6. The number of carboxylic acids is 1. The molecule has 1 unspecified atom stereocenters. The minimum Gasteiger partial charge on any atom is -0.478 e. The maximum absolute atomic E-state index is 10.8. The number of aliphatic hydroxyl groups is 1. The van der Waals surface area contributed by atoms with E-state index < -0.39 is 5.97 Å². The standard InChI is InChI=1S/C11H12N2O4/c1-6(5-14)12-11-13-8-3-2-7(10(15)16)4-9(8)17-11/h2-4,6,14H,5H2,1H3,(H,12,13)(H,15,16). The average Bonchev–Trinajstić information content (AvgIpc) is 2.69. The van der Waals surface area contributed by atoms with Crippen LogP contribution in [-0.4, -0.2) is 33.8 Å². The SMILES string of the molecule is CC(CO)Nc1nc2ccc(C(=O)O)cc2o1. The fourth-order valence-electron chi connectivity index (χ4n) is 1.38. The first-order valence-corrected chi connectivity index (χ1v) is 5.11. The number of fused-ring (bicyclic) bond motifs is 1. The third-order valence-electron chi connectivity index (χ3n) is 2.28. The second-order valence-electron chi connectivity index (χ2n) is 3.73. The Hall–Kier alpha value is -2.08. The average molecular weight is 236 g/mol. The lowest BCUT2D eigenvalue weighted by molar-refractivity contribution is 0.0697. The van der Waals surface area contributed by atoms with E-state index in [1.165, 1.54) is 12.1 Å². The van der Waals surface area contributed by atoms with Gasteiger partial charge in [-0.2, -0.15) is 4.98 Å². The maximum Gasteiger partial charge on any atom is 0.335 e. The summed E-state index contributed by atoms with van der Waals surface area (Å²) in [5.74, 6) is -1.01. The number of aromatic carboxylic acids is 1. The van der Waals surface area contributed by atoms with Gasteiger partial charge in [0.05, 0.1) is 18.2 Å². The van der Waals surface area contributed by atoms with Gasteiger partial charge in [-0.3, -0.25) is 0 Å². The summed E-state index contributed by atoms with van der Waals surface area (Å²) >= 11 is 0. The highest BCUT2D eigenvalue weighted by atomic mass is 16.4. The molecule has 0 amide bonds. The van der Waals surface area contributed by atoms with Crippen molar-refractivity contribution in [2.24, 2.45) is 0 Å². The number of anilines is 1. The number of aromatic nitrogens is 1. The molecule has 3 N–H and O–H groups in total. The number of nitrogens with zero attached hydrogens (tertiary/aromatic N) is 1. The van der Waals surface area contributed by atoms with Crippen LogP contribution in [0.15, 0.2) is 22.6 Å². The van der Waals surface area contributed by atoms with Gasteiger partial charge in [-0.25, -0.2) is 4.79 Å². The summed E-state index contributed by atoms with van der Waals surface area (Å²) in [5.41, 5.74) is 1.12. The summed E-state index contributed by atoms with van der Waals surface area (Å²) in [7, 11) is 0. The van der Waals surface area contributed by atoms with Crippen LogP contribution in [-0.2, 0) is 0 Å². The molecule has 0 saturated heterocycles. The molecule has 2 aromatic rings. The first kappa shape index (κ1) is 11.4. The molecule has 1 aromatic carbocycles. The van der Waals surface area contributed by atoms with Gasteiger partial charge < -0.3 is 19.9 Å². The van der Waals surface area contributed by atoms with Gasteiger partial charge in [-0.1, -0.05) is 0 Å². The van der Waals surface area contributed by atoms with Gasteiger partial charge in [0, 0.05) is 0 Å². The van der Waals surface area contributed by atoms with Gasteiger partial charge in [0.15, 0.2) is 5.58 Å². The highest BCUT2D eigenvalue weighted by Gasteiger charge is 2.10. The lowest BCUT2D eigenvalue weighted by Gasteiger charge is -2.06. The number of carboxylic acid groups (broad SMARTS) is 1. The number of oxazole rings is 1. The quantitative estimate of drug-likeness (QED) is 0.741. The molecule has 1 heterocycles. The lowest BCUT2D eigenvalue weighted by atomic mass is 10.2. The van der Waals surface area contributed by atoms with E-state index in [4.69, 9.17) is 14.6 Å². The predicted octanol–water partition coefficient (Wildman–Crippen LogP) is 1.32. The van der Waals surface area contributed by atoms with E-state index in [0.29, 0.717) is 11.1 Å². The van der Waals surface area contributed by atoms with Crippen LogP contribution in [0.3, 0.4) is 0 Å². The predicted molar refractivity (Wildman–Crippen MR) is 61.1 cm³/mol. The summed E-state index contributed by atoms with van der Waals surface area (Å²) < 4.78 is 5.33. The number of rotatable bonds is 4. The van der Waals surface area contributed by atoms with Gasteiger partial charge in [0.25, 0.3) is 6.01 Å². The van der Waals surface area contributed by atoms with Crippen molar-refractivity contribution >= 4 is 23.1 Å². The third kappa shape index (κ3) is 2.36. The molecule has 0 aliphatic heterocycles. The minimum atomic E-state index is -1.01. The summed E-state index contributed by atoms with van der Waals surface area (Å²) in [6.45, 7) is 1.73. The van der Waals surface area contributed by atoms with Crippen molar-refractivity contribution in [1.82, 2.24) is 4.98 Å².